The van der Waals surface area contributed by atoms with Crippen LogP contribution in [-0.4, -0.2) is 27.4 Å². The monoisotopic (exact) mass is 327 g/mol. The zero-order valence-electron chi connectivity index (χ0n) is 12.9. The van der Waals surface area contributed by atoms with Gasteiger partial charge < -0.3 is 20.8 Å². The summed E-state index contributed by atoms with van der Waals surface area (Å²) in [5, 5.41) is 33.6. The standard InChI is InChI=1S/C17H15N2O5/c1-11-4-2-3-5-14(11)18-17(22)16(21)10-15(20)12-6-8-13(9-7-12)19(23)24/h2-9H,10H2,1H3,(H2-,18,20,21,22,23,24)/q-1. The van der Waals surface area contributed by atoms with Crippen LogP contribution in [0, 0.1) is 17.3 Å². The Balaban J connectivity index is 2.04. The molecule has 2 N–H and O–H groups in total. The number of Topliss-reactive ketones (excluding diaryl/α,β-unsaturated/α-hetero) is 1. The fraction of sp³-hybridized carbons (Fsp3) is 0.118. The van der Waals surface area contributed by atoms with E-state index in [0.717, 1.165) is 5.56 Å². The van der Waals surface area contributed by atoms with E-state index in [1.54, 1.807) is 31.2 Å². The number of benzene rings is 1. The number of rotatable bonds is 4. The molecule has 7 heteroatoms. The van der Waals surface area contributed by atoms with Gasteiger partial charge in [-0.3, -0.25) is 9.59 Å². The van der Waals surface area contributed by atoms with Gasteiger partial charge in [-0.2, -0.15) is 4.90 Å². The van der Waals surface area contributed by atoms with Gasteiger partial charge in [0, 0.05) is 23.4 Å². The Morgan fingerprint density at radius 1 is 1.12 bits per heavy atom. The van der Waals surface area contributed by atoms with Crippen LogP contribution in [0.1, 0.15) is 12.0 Å². The van der Waals surface area contributed by atoms with E-state index in [9.17, 15) is 25.1 Å². The number of amides is 1. The summed E-state index contributed by atoms with van der Waals surface area (Å²) in [5.74, 6) is -1.97. The number of aliphatic hydroxyl groups excluding tert-OH is 1. The second kappa shape index (κ2) is 7.28. The molecule has 0 atom stereocenters. The summed E-state index contributed by atoms with van der Waals surface area (Å²) in [6.07, 6.45) is 4.57. The molecule has 0 spiro atoms. The minimum Gasteiger partial charge on any atom is -0.612 e. The van der Waals surface area contributed by atoms with Gasteiger partial charge in [0.1, 0.15) is 5.76 Å². The predicted molar refractivity (Wildman–Crippen MR) is 89.4 cm³/mol. The molecule has 24 heavy (non-hydrogen) atoms. The summed E-state index contributed by atoms with van der Waals surface area (Å²) in [4.78, 5) is 23.2. The average Bonchev–Trinajstić information content (AvgIpc) is 2.56. The van der Waals surface area contributed by atoms with Gasteiger partial charge in [-0.25, -0.2) is 0 Å². The van der Waals surface area contributed by atoms with Crippen LogP contribution < -0.4 is 5.32 Å². The van der Waals surface area contributed by atoms with Crippen molar-refractivity contribution in [2.24, 2.45) is 0 Å². The maximum absolute atomic E-state index is 11.9. The number of ketones is 1. The molecule has 0 aromatic heterocycles. The minimum atomic E-state index is -0.835. The fourth-order valence-corrected chi connectivity index (χ4v) is 2.02. The summed E-state index contributed by atoms with van der Waals surface area (Å²) in [6, 6.07) is 7.00. The van der Waals surface area contributed by atoms with E-state index in [1.165, 1.54) is 24.3 Å². The summed E-state index contributed by atoms with van der Waals surface area (Å²) >= 11 is 0. The quantitative estimate of drug-likeness (QED) is 0.381. The summed E-state index contributed by atoms with van der Waals surface area (Å²) in [6.45, 7) is 1.79. The molecule has 0 unspecified atom stereocenters. The average molecular weight is 327 g/mol. The second-order valence-corrected chi connectivity index (χ2v) is 5.12. The lowest BCUT2D eigenvalue weighted by Gasteiger charge is -2.10. The number of carbonyl (C=O) groups excluding carboxylic acids is 2. The highest BCUT2D eigenvalue weighted by molar-refractivity contribution is 6.41. The third kappa shape index (κ3) is 4.10. The SMILES string of the molecule is Cc1ccccc1NC(=O)C(=O)CC(O)=C1C=CC(=[N+]([O-])[O-])C=C1. The fourth-order valence-electron chi connectivity index (χ4n) is 2.02. The van der Waals surface area contributed by atoms with Gasteiger partial charge in [-0.1, -0.05) is 18.2 Å². The molecule has 1 amide bonds. The van der Waals surface area contributed by atoms with Crippen LogP contribution in [0.5, 0.6) is 0 Å². The van der Waals surface area contributed by atoms with Crippen molar-refractivity contribution in [2.75, 3.05) is 5.32 Å². The Hall–Kier alpha value is -3.35. The first-order valence-electron chi connectivity index (χ1n) is 7.08. The van der Waals surface area contributed by atoms with Gasteiger partial charge in [-0.05, 0) is 30.7 Å². The summed E-state index contributed by atoms with van der Waals surface area (Å²) in [7, 11) is 0. The van der Waals surface area contributed by atoms with Crippen molar-refractivity contribution >= 4 is 23.1 Å². The van der Waals surface area contributed by atoms with Gasteiger partial charge in [0.25, 0.3) is 5.91 Å². The first kappa shape index (κ1) is 17.0. The lowest BCUT2D eigenvalue weighted by atomic mass is 10.0. The molecule has 124 valence electrons. The van der Waals surface area contributed by atoms with E-state index in [4.69, 9.17) is 0 Å². The van der Waals surface area contributed by atoms with Gasteiger partial charge in [-0.15, -0.1) is 0 Å². The lowest BCUT2D eigenvalue weighted by Crippen LogP contribution is -2.23. The molecule has 2 rings (SSSR count). The maximum atomic E-state index is 11.9. The Morgan fingerprint density at radius 2 is 1.75 bits per heavy atom. The zero-order chi connectivity index (χ0) is 17.7. The summed E-state index contributed by atoms with van der Waals surface area (Å²) in [5.41, 5.74) is 1.45. The van der Waals surface area contributed by atoms with Crippen LogP contribution in [0.15, 0.2) is 59.9 Å². The number of hydrogen-bond donors (Lipinski definition) is 2. The zero-order valence-corrected chi connectivity index (χ0v) is 12.9. The van der Waals surface area contributed by atoms with Crippen molar-refractivity contribution in [2.45, 2.75) is 13.3 Å². The Kier molecular flexibility index (Phi) is 5.16. The number of hydrogen-bond acceptors (Lipinski definition) is 5. The summed E-state index contributed by atoms with van der Waals surface area (Å²) < 4.78 is 0. The normalized spacial score (nSPS) is 12.9. The van der Waals surface area contributed by atoms with E-state index < -0.39 is 23.0 Å². The highest BCUT2D eigenvalue weighted by Gasteiger charge is 2.18. The number of anilines is 1. The van der Waals surface area contributed by atoms with Crippen LogP contribution in [0.4, 0.5) is 5.69 Å². The van der Waals surface area contributed by atoms with Gasteiger partial charge in [0.05, 0.1) is 6.42 Å². The van der Waals surface area contributed by atoms with Crippen molar-refractivity contribution in [3.05, 3.63) is 75.9 Å². The maximum Gasteiger partial charge on any atom is 0.292 e. The van der Waals surface area contributed by atoms with Crippen molar-refractivity contribution < 1.29 is 19.6 Å². The van der Waals surface area contributed by atoms with Crippen LogP contribution in [0.25, 0.3) is 0 Å². The van der Waals surface area contributed by atoms with E-state index in [2.05, 4.69) is 5.32 Å². The molecule has 1 aliphatic rings. The number of allylic oxidation sites excluding steroid dienone is 6. The molecule has 1 aromatic carbocycles. The Morgan fingerprint density at radius 3 is 2.33 bits per heavy atom. The molecule has 0 radical (unpaired) electrons. The van der Waals surface area contributed by atoms with Gasteiger partial charge >= 0.3 is 0 Å². The number of nitrogens with zero attached hydrogens (tertiary/aromatic N) is 1. The molecule has 1 aromatic rings. The van der Waals surface area contributed by atoms with Gasteiger partial charge in [0.15, 0.2) is 0 Å². The predicted octanol–water partition coefficient (Wildman–Crippen LogP) is 2.28. The molecular weight excluding hydrogens is 312 g/mol. The Labute approximate surface area is 138 Å². The van der Waals surface area contributed by atoms with E-state index in [0.29, 0.717) is 5.69 Å². The third-order valence-electron chi connectivity index (χ3n) is 3.39. The van der Waals surface area contributed by atoms with E-state index in [-0.39, 0.29) is 17.0 Å². The topological polar surface area (TPSA) is 116 Å². The van der Waals surface area contributed by atoms with Crippen molar-refractivity contribution in [3.63, 3.8) is 0 Å². The van der Waals surface area contributed by atoms with Gasteiger partial charge in [0.2, 0.25) is 11.5 Å². The number of aliphatic hydroxyl groups is 1. The molecule has 0 saturated carbocycles. The molecule has 0 fully saturated rings. The van der Waals surface area contributed by atoms with Crippen LogP contribution in [0.2, 0.25) is 0 Å². The van der Waals surface area contributed by atoms with Crippen LogP contribution in [-0.2, 0) is 9.59 Å². The highest BCUT2D eigenvalue weighted by Crippen LogP contribution is 2.16. The third-order valence-corrected chi connectivity index (χ3v) is 3.39. The van der Waals surface area contributed by atoms with Crippen LogP contribution in [0.3, 0.4) is 0 Å². The molecule has 7 nitrogen and oxygen atoms in total. The van der Waals surface area contributed by atoms with E-state index >= 15 is 0 Å². The minimum absolute atomic E-state index is 0.129. The largest absolute Gasteiger partial charge is 0.612 e. The molecule has 0 bridgehead atoms. The van der Waals surface area contributed by atoms with E-state index in [1.807, 2.05) is 0 Å². The molecule has 0 aliphatic heterocycles. The highest BCUT2D eigenvalue weighted by atomic mass is 16.8. The molecule has 1 aliphatic carbocycles. The van der Waals surface area contributed by atoms with Crippen molar-refractivity contribution in [1.29, 1.82) is 0 Å². The first-order valence-corrected chi connectivity index (χ1v) is 7.08. The Bertz CT molecular complexity index is 781. The number of nitrogens with one attached hydrogen (secondary N) is 1. The number of para-hydroxylation sites is 1. The molecular formula is C17H15N2O5-. The smallest absolute Gasteiger partial charge is 0.292 e. The second-order valence-electron chi connectivity index (χ2n) is 5.12. The number of carbonyl (C=O) groups is 2. The van der Waals surface area contributed by atoms with Crippen LogP contribution >= 0.6 is 0 Å². The molecule has 0 saturated heterocycles. The van der Waals surface area contributed by atoms with Crippen molar-refractivity contribution in [1.82, 2.24) is 0 Å². The first-order chi connectivity index (χ1) is 11.4. The lowest BCUT2D eigenvalue weighted by molar-refractivity contribution is -0.377. The number of aryl methyl sites for hydroxylation is 1. The van der Waals surface area contributed by atoms with Crippen molar-refractivity contribution in [3.8, 4) is 0 Å². The molecule has 0 heterocycles.